The van der Waals surface area contributed by atoms with E-state index in [-0.39, 0.29) is 5.91 Å². The molecule has 0 bridgehead atoms. The molecule has 0 spiro atoms. The molecule has 0 unspecified atom stereocenters. The van der Waals surface area contributed by atoms with E-state index in [0.29, 0.717) is 24.5 Å². The largest absolute Gasteiger partial charge is 0.487 e. The topological polar surface area (TPSA) is 58.9 Å². The van der Waals surface area contributed by atoms with Gasteiger partial charge < -0.3 is 19.4 Å². The summed E-state index contributed by atoms with van der Waals surface area (Å²) in [7, 11) is 0. The van der Waals surface area contributed by atoms with Gasteiger partial charge in [0, 0.05) is 31.0 Å². The van der Waals surface area contributed by atoms with Crippen molar-refractivity contribution in [1.82, 2.24) is 19.6 Å². The van der Waals surface area contributed by atoms with Gasteiger partial charge in [-0.15, -0.1) is 0 Å². The minimum absolute atomic E-state index is 0.0600. The van der Waals surface area contributed by atoms with E-state index in [1.54, 1.807) is 6.07 Å². The number of hydrogen-bond acceptors (Lipinski definition) is 4. The first-order valence-electron chi connectivity index (χ1n) is 9.94. The highest BCUT2D eigenvalue weighted by molar-refractivity contribution is 5.94. The number of imidazole rings is 1. The number of benzene rings is 1. The molecule has 6 nitrogen and oxygen atoms in total. The van der Waals surface area contributed by atoms with Gasteiger partial charge in [0.2, 0.25) is 0 Å². The second kappa shape index (κ2) is 8.89. The van der Waals surface area contributed by atoms with Crippen molar-refractivity contribution in [2.24, 2.45) is 0 Å². The normalized spacial score (nSPS) is 14.9. The van der Waals surface area contributed by atoms with Crippen LogP contribution in [0.4, 0.5) is 0 Å². The highest BCUT2D eigenvalue weighted by atomic mass is 16.5. The van der Waals surface area contributed by atoms with Crippen LogP contribution in [0.2, 0.25) is 0 Å². The fourth-order valence-corrected chi connectivity index (χ4v) is 3.55. The number of nitrogens with zero attached hydrogens (tertiary/aromatic N) is 3. The maximum Gasteiger partial charge on any atom is 0.251 e. The van der Waals surface area contributed by atoms with Crippen molar-refractivity contribution in [2.75, 3.05) is 26.2 Å². The van der Waals surface area contributed by atoms with Crippen LogP contribution in [-0.4, -0.2) is 46.4 Å². The van der Waals surface area contributed by atoms with E-state index in [0.717, 1.165) is 31.0 Å². The highest BCUT2D eigenvalue weighted by Crippen LogP contribution is 2.16. The van der Waals surface area contributed by atoms with Crippen molar-refractivity contribution in [2.45, 2.75) is 25.9 Å². The Balaban J connectivity index is 1.29. The molecule has 1 aromatic carbocycles. The summed E-state index contributed by atoms with van der Waals surface area (Å²) in [6.45, 7) is 4.23. The Morgan fingerprint density at radius 3 is 2.86 bits per heavy atom. The van der Waals surface area contributed by atoms with E-state index >= 15 is 0 Å². The first kappa shape index (κ1) is 18.5. The molecule has 28 heavy (non-hydrogen) atoms. The smallest absolute Gasteiger partial charge is 0.251 e. The average molecular weight is 378 g/mol. The first-order chi connectivity index (χ1) is 13.8. The van der Waals surface area contributed by atoms with Gasteiger partial charge in [0.1, 0.15) is 18.0 Å². The predicted molar refractivity (Wildman–Crippen MR) is 109 cm³/mol. The van der Waals surface area contributed by atoms with Crippen molar-refractivity contribution in [3.05, 3.63) is 66.1 Å². The number of rotatable bonds is 7. The third-order valence-electron chi connectivity index (χ3n) is 5.06. The SMILES string of the molecule is O=C(NCCN1CCCCC1)c1cccc(OCc2cn3ccccc3n2)c1. The number of piperidine rings is 1. The van der Waals surface area contributed by atoms with Gasteiger partial charge in [-0.05, 0) is 56.3 Å². The molecule has 3 aromatic rings. The summed E-state index contributed by atoms with van der Waals surface area (Å²) in [6, 6.07) is 13.2. The summed E-state index contributed by atoms with van der Waals surface area (Å²) in [5, 5.41) is 3.01. The molecule has 2 aromatic heterocycles. The molecule has 3 heterocycles. The van der Waals surface area contributed by atoms with Crippen LogP contribution in [0.1, 0.15) is 35.3 Å². The maximum atomic E-state index is 12.4. The van der Waals surface area contributed by atoms with Crippen LogP contribution in [0.25, 0.3) is 5.65 Å². The third-order valence-corrected chi connectivity index (χ3v) is 5.06. The zero-order valence-corrected chi connectivity index (χ0v) is 16.0. The Hall–Kier alpha value is -2.86. The molecular weight excluding hydrogens is 352 g/mol. The highest BCUT2D eigenvalue weighted by Gasteiger charge is 2.11. The van der Waals surface area contributed by atoms with Gasteiger partial charge in [-0.3, -0.25) is 4.79 Å². The first-order valence-corrected chi connectivity index (χ1v) is 9.94. The average Bonchev–Trinajstić information content (AvgIpc) is 3.16. The molecule has 0 radical (unpaired) electrons. The molecule has 0 aliphatic carbocycles. The number of fused-ring (bicyclic) bond motifs is 1. The summed E-state index contributed by atoms with van der Waals surface area (Å²) >= 11 is 0. The van der Waals surface area contributed by atoms with E-state index in [1.165, 1.54) is 19.3 Å². The lowest BCUT2D eigenvalue weighted by molar-refractivity contribution is 0.0946. The van der Waals surface area contributed by atoms with Gasteiger partial charge in [-0.2, -0.15) is 0 Å². The number of likely N-dealkylation sites (tertiary alicyclic amines) is 1. The zero-order valence-electron chi connectivity index (χ0n) is 16.0. The van der Waals surface area contributed by atoms with Gasteiger partial charge in [0.25, 0.3) is 5.91 Å². The number of ether oxygens (including phenoxy) is 1. The van der Waals surface area contributed by atoms with Gasteiger partial charge in [0.05, 0.1) is 5.69 Å². The van der Waals surface area contributed by atoms with Gasteiger partial charge in [-0.25, -0.2) is 4.98 Å². The van der Waals surface area contributed by atoms with E-state index in [4.69, 9.17) is 4.74 Å². The lowest BCUT2D eigenvalue weighted by atomic mass is 10.1. The number of pyridine rings is 1. The van der Waals surface area contributed by atoms with Gasteiger partial charge >= 0.3 is 0 Å². The van der Waals surface area contributed by atoms with Crippen LogP contribution >= 0.6 is 0 Å². The molecule has 1 amide bonds. The van der Waals surface area contributed by atoms with E-state index in [1.807, 2.05) is 53.2 Å². The lowest BCUT2D eigenvalue weighted by Crippen LogP contribution is -2.37. The summed E-state index contributed by atoms with van der Waals surface area (Å²) in [4.78, 5) is 19.4. The lowest BCUT2D eigenvalue weighted by Gasteiger charge is -2.26. The fraction of sp³-hybridized carbons (Fsp3) is 0.364. The number of hydrogen-bond donors (Lipinski definition) is 1. The monoisotopic (exact) mass is 378 g/mol. The van der Waals surface area contributed by atoms with Gasteiger partial charge in [-0.1, -0.05) is 18.6 Å². The molecule has 1 fully saturated rings. The molecule has 1 aliphatic heterocycles. The van der Waals surface area contributed by atoms with E-state index in [2.05, 4.69) is 15.2 Å². The summed E-state index contributed by atoms with van der Waals surface area (Å²) < 4.78 is 7.81. The third kappa shape index (κ3) is 4.70. The Bertz CT molecular complexity index is 898. The summed E-state index contributed by atoms with van der Waals surface area (Å²) in [5.74, 6) is 0.607. The second-order valence-electron chi connectivity index (χ2n) is 7.17. The predicted octanol–water partition coefficient (Wildman–Crippen LogP) is 3.13. The fourth-order valence-electron chi connectivity index (χ4n) is 3.55. The van der Waals surface area contributed by atoms with Crippen LogP contribution in [0.15, 0.2) is 54.9 Å². The molecule has 4 rings (SSSR count). The Morgan fingerprint density at radius 2 is 2.00 bits per heavy atom. The van der Waals surface area contributed by atoms with Crippen molar-refractivity contribution in [1.29, 1.82) is 0 Å². The minimum atomic E-state index is -0.0600. The van der Waals surface area contributed by atoms with Gasteiger partial charge in [0.15, 0.2) is 0 Å². The second-order valence-corrected chi connectivity index (χ2v) is 7.17. The van der Waals surface area contributed by atoms with Crippen molar-refractivity contribution in [3.63, 3.8) is 0 Å². The Kier molecular flexibility index (Phi) is 5.87. The van der Waals surface area contributed by atoms with E-state index in [9.17, 15) is 4.79 Å². The number of carbonyl (C=O) groups is 1. The summed E-state index contributed by atoms with van der Waals surface area (Å²) in [5.41, 5.74) is 2.36. The van der Waals surface area contributed by atoms with Crippen LogP contribution in [0, 0.1) is 0 Å². The number of aromatic nitrogens is 2. The molecule has 146 valence electrons. The maximum absolute atomic E-state index is 12.4. The van der Waals surface area contributed by atoms with Crippen molar-refractivity contribution >= 4 is 11.6 Å². The number of carbonyl (C=O) groups excluding carboxylic acids is 1. The standard InChI is InChI=1S/C22H26N4O2/c27-22(23-10-14-25-11-3-1-4-12-25)18-7-6-8-20(15-18)28-17-19-16-26-13-5-2-9-21(26)24-19/h2,5-9,13,15-16H,1,3-4,10-12,14,17H2,(H,23,27). The molecule has 0 atom stereocenters. The molecule has 1 N–H and O–H groups in total. The quantitative estimate of drug-likeness (QED) is 0.686. The minimum Gasteiger partial charge on any atom is -0.487 e. The van der Waals surface area contributed by atoms with Crippen LogP contribution in [0.5, 0.6) is 5.75 Å². The van der Waals surface area contributed by atoms with Crippen molar-refractivity contribution in [3.8, 4) is 5.75 Å². The molecular formula is C22H26N4O2. The Morgan fingerprint density at radius 1 is 1.11 bits per heavy atom. The molecule has 1 aliphatic rings. The molecule has 6 heteroatoms. The van der Waals surface area contributed by atoms with E-state index < -0.39 is 0 Å². The summed E-state index contributed by atoms with van der Waals surface area (Å²) in [6.07, 6.45) is 7.76. The van der Waals surface area contributed by atoms with Crippen molar-refractivity contribution < 1.29 is 9.53 Å². The van der Waals surface area contributed by atoms with Crippen LogP contribution in [-0.2, 0) is 6.61 Å². The molecule has 0 saturated carbocycles. The van der Waals surface area contributed by atoms with Crippen LogP contribution < -0.4 is 10.1 Å². The number of nitrogens with one attached hydrogen (secondary N) is 1. The number of amides is 1. The molecule has 1 saturated heterocycles. The van der Waals surface area contributed by atoms with Crippen LogP contribution in [0.3, 0.4) is 0 Å². The zero-order chi connectivity index (χ0) is 19.2. The Labute approximate surface area is 165 Å².